The van der Waals surface area contributed by atoms with Crippen molar-refractivity contribution in [2.24, 2.45) is 4.99 Å². The molecule has 3 aromatic rings. The first kappa shape index (κ1) is 17.0. The van der Waals surface area contributed by atoms with Crippen LogP contribution in [0, 0.1) is 0 Å². The molecule has 0 radical (unpaired) electrons. The lowest BCUT2D eigenvalue weighted by molar-refractivity contribution is 0.120. The van der Waals surface area contributed by atoms with Gasteiger partial charge in [0.25, 0.3) is 0 Å². The smallest absolute Gasteiger partial charge is 0.351 e. The zero-order valence-electron chi connectivity index (χ0n) is 14.7. The Morgan fingerprint density at radius 2 is 1.48 bits per heavy atom. The largest absolute Gasteiger partial charge is 0.497 e. The van der Waals surface area contributed by atoms with Gasteiger partial charge in [0.15, 0.2) is 0 Å². The van der Waals surface area contributed by atoms with E-state index in [1.54, 1.807) is 55.6 Å². The molecule has 0 fully saturated rings. The topological polar surface area (TPSA) is 62.1 Å². The van der Waals surface area contributed by atoms with Crippen LogP contribution in [0.3, 0.4) is 0 Å². The Morgan fingerprint density at radius 1 is 0.889 bits per heavy atom. The van der Waals surface area contributed by atoms with Crippen molar-refractivity contribution in [1.29, 1.82) is 0 Å². The molecule has 0 saturated heterocycles. The number of benzene rings is 3. The second-order valence-electron chi connectivity index (χ2n) is 6.18. The van der Waals surface area contributed by atoms with E-state index in [-0.39, 0.29) is 5.71 Å². The summed E-state index contributed by atoms with van der Waals surface area (Å²) in [5, 5.41) is 11.8. The average Bonchev–Trinajstić information content (AvgIpc) is 3.01. The van der Waals surface area contributed by atoms with E-state index in [1.807, 2.05) is 36.4 Å². The minimum atomic E-state index is -1.71. The maximum absolute atomic E-state index is 12.8. The van der Waals surface area contributed by atoms with Crippen molar-refractivity contribution in [2.75, 3.05) is 12.0 Å². The van der Waals surface area contributed by atoms with Gasteiger partial charge in [-0.15, -0.1) is 0 Å². The second kappa shape index (κ2) is 6.70. The first-order valence-electron chi connectivity index (χ1n) is 8.55. The molecule has 27 heavy (non-hydrogen) atoms. The minimum Gasteiger partial charge on any atom is -0.497 e. The van der Waals surface area contributed by atoms with Crippen LogP contribution in [-0.2, 0) is 5.72 Å². The molecule has 4 rings (SSSR count). The lowest BCUT2D eigenvalue weighted by Gasteiger charge is -2.34. The lowest BCUT2D eigenvalue weighted by Crippen LogP contribution is -2.49. The van der Waals surface area contributed by atoms with Gasteiger partial charge in [-0.2, -0.15) is 4.99 Å². The number of anilines is 1. The number of rotatable bonds is 4. The number of ether oxygens (including phenoxy) is 1. The summed E-state index contributed by atoms with van der Waals surface area (Å²) in [6.07, 6.45) is 0. The number of hydrogen-bond donors (Lipinski definition) is 1. The summed E-state index contributed by atoms with van der Waals surface area (Å²) >= 11 is 0. The Bertz CT molecular complexity index is 985. The van der Waals surface area contributed by atoms with Crippen molar-refractivity contribution >= 4 is 17.4 Å². The third-order valence-electron chi connectivity index (χ3n) is 4.61. The van der Waals surface area contributed by atoms with Crippen LogP contribution in [0.5, 0.6) is 5.75 Å². The van der Waals surface area contributed by atoms with Gasteiger partial charge in [0.05, 0.1) is 7.11 Å². The standard InChI is InChI=1S/C22H18N2O3/c1-27-19-14-12-16(13-15-19)20-22(26,17-8-4-2-5-9-17)24(21(25)23-20)18-10-6-3-7-11-18/h2-15,26H,1H3. The molecule has 1 unspecified atom stereocenters. The summed E-state index contributed by atoms with van der Waals surface area (Å²) in [7, 11) is 1.59. The van der Waals surface area contributed by atoms with E-state index < -0.39 is 11.8 Å². The lowest BCUT2D eigenvalue weighted by atomic mass is 9.91. The number of hydrogen-bond acceptors (Lipinski definition) is 3. The molecule has 0 aliphatic carbocycles. The molecule has 0 aromatic heterocycles. The van der Waals surface area contributed by atoms with E-state index in [1.165, 1.54) is 4.90 Å². The third-order valence-corrected chi connectivity index (χ3v) is 4.61. The van der Waals surface area contributed by atoms with Gasteiger partial charge < -0.3 is 9.84 Å². The van der Waals surface area contributed by atoms with Crippen molar-refractivity contribution in [3.05, 3.63) is 96.1 Å². The van der Waals surface area contributed by atoms with Gasteiger partial charge in [-0.3, -0.25) is 4.90 Å². The van der Waals surface area contributed by atoms with Crippen LogP contribution in [0.2, 0.25) is 0 Å². The van der Waals surface area contributed by atoms with E-state index in [0.717, 1.165) is 0 Å². The van der Waals surface area contributed by atoms with E-state index >= 15 is 0 Å². The van der Waals surface area contributed by atoms with E-state index in [9.17, 15) is 9.90 Å². The molecule has 1 aliphatic heterocycles. The fraction of sp³-hybridized carbons (Fsp3) is 0.0909. The highest BCUT2D eigenvalue weighted by molar-refractivity contribution is 6.22. The summed E-state index contributed by atoms with van der Waals surface area (Å²) in [6.45, 7) is 0. The molecule has 0 spiro atoms. The molecule has 5 heteroatoms. The minimum absolute atomic E-state index is 0.283. The highest BCUT2D eigenvalue weighted by Crippen LogP contribution is 2.39. The molecule has 0 saturated carbocycles. The molecule has 0 bridgehead atoms. The van der Waals surface area contributed by atoms with E-state index in [4.69, 9.17) is 4.74 Å². The highest BCUT2D eigenvalue weighted by atomic mass is 16.5. The Morgan fingerprint density at radius 3 is 2.07 bits per heavy atom. The number of aliphatic imine (C=N–C) groups is 1. The number of methoxy groups -OCH3 is 1. The fourth-order valence-corrected chi connectivity index (χ4v) is 3.29. The van der Waals surface area contributed by atoms with Crippen molar-refractivity contribution in [1.82, 2.24) is 0 Å². The molecule has 1 aliphatic rings. The number of carbonyl (C=O) groups excluding carboxylic acids is 1. The van der Waals surface area contributed by atoms with Crippen LogP contribution in [0.25, 0.3) is 0 Å². The van der Waals surface area contributed by atoms with Crippen LogP contribution in [0.1, 0.15) is 11.1 Å². The highest BCUT2D eigenvalue weighted by Gasteiger charge is 2.50. The van der Waals surface area contributed by atoms with Crippen LogP contribution in [-0.4, -0.2) is 24.0 Å². The van der Waals surface area contributed by atoms with Gasteiger partial charge in [-0.1, -0.05) is 48.5 Å². The number of amides is 2. The Labute approximate surface area is 157 Å². The second-order valence-corrected chi connectivity index (χ2v) is 6.18. The number of carbonyl (C=O) groups is 1. The van der Waals surface area contributed by atoms with E-state index in [0.29, 0.717) is 22.6 Å². The summed E-state index contributed by atoms with van der Waals surface area (Å²) in [5.74, 6) is 0.687. The molecule has 1 N–H and O–H groups in total. The number of aliphatic hydroxyl groups is 1. The number of para-hydroxylation sites is 1. The first-order valence-corrected chi connectivity index (χ1v) is 8.55. The van der Waals surface area contributed by atoms with E-state index in [2.05, 4.69) is 4.99 Å². The zero-order chi connectivity index (χ0) is 18.9. The van der Waals surface area contributed by atoms with Crippen LogP contribution in [0.4, 0.5) is 10.5 Å². The molecule has 1 atom stereocenters. The Kier molecular flexibility index (Phi) is 4.22. The number of urea groups is 1. The van der Waals surface area contributed by atoms with Gasteiger partial charge in [0, 0.05) is 16.8 Å². The van der Waals surface area contributed by atoms with Gasteiger partial charge in [-0.05, 0) is 36.4 Å². The predicted octanol–water partition coefficient (Wildman–Crippen LogP) is 3.97. The summed E-state index contributed by atoms with van der Waals surface area (Å²) in [5.41, 5.74) is 0.350. The van der Waals surface area contributed by atoms with Crippen molar-refractivity contribution in [3.63, 3.8) is 0 Å². The molecular weight excluding hydrogens is 340 g/mol. The summed E-state index contributed by atoms with van der Waals surface area (Å²) in [4.78, 5) is 18.4. The molecule has 2 amide bonds. The third kappa shape index (κ3) is 2.78. The average molecular weight is 358 g/mol. The SMILES string of the molecule is COc1ccc(C2=NC(=O)N(c3ccccc3)C2(O)c2ccccc2)cc1. The fourth-order valence-electron chi connectivity index (χ4n) is 3.29. The predicted molar refractivity (Wildman–Crippen MR) is 104 cm³/mol. The van der Waals surface area contributed by atoms with Crippen molar-refractivity contribution in [3.8, 4) is 5.75 Å². The maximum Gasteiger partial charge on any atom is 0.351 e. The molecular formula is C22H18N2O3. The summed E-state index contributed by atoms with van der Waals surface area (Å²) < 4.78 is 5.20. The Hall–Kier alpha value is -3.44. The van der Waals surface area contributed by atoms with Gasteiger partial charge >= 0.3 is 6.03 Å². The molecule has 5 nitrogen and oxygen atoms in total. The van der Waals surface area contributed by atoms with Crippen molar-refractivity contribution < 1.29 is 14.6 Å². The van der Waals surface area contributed by atoms with Crippen molar-refractivity contribution in [2.45, 2.75) is 5.72 Å². The van der Waals surface area contributed by atoms with Gasteiger partial charge in [0.1, 0.15) is 11.5 Å². The monoisotopic (exact) mass is 358 g/mol. The zero-order valence-corrected chi connectivity index (χ0v) is 14.7. The van der Waals surface area contributed by atoms with Crippen LogP contribution < -0.4 is 9.64 Å². The normalized spacial score (nSPS) is 19.1. The molecule has 1 heterocycles. The quantitative estimate of drug-likeness (QED) is 0.768. The molecule has 134 valence electrons. The number of nitrogens with zero attached hydrogens (tertiary/aromatic N) is 2. The van der Waals surface area contributed by atoms with Gasteiger partial charge in [-0.25, -0.2) is 4.79 Å². The van der Waals surface area contributed by atoms with Crippen LogP contribution in [0.15, 0.2) is 89.9 Å². The van der Waals surface area contributed by atoms with Crippen LogP contribution >= 0.6 is 0 Å². The maximum atomic E-state index is 12.8. The summed E-state index contributed by atoms with van der Waals surface area (Å²) in [6, 6.07) is 24.7. The first-order chi connectivity index (χ1) is 13.1. The molecule has 3 aromatic carbocycles. The Balaban J connectivity index is 1.89. The van der Waals surface area contributed by atoms with Gasteiger partial charge in [0.2, 0.25) is 5.72 Å².